The van der Waals surface area contributed by atoms with E-state index in [0.29, 0.717) is 35.3 Å². The second kappa shape index (κ2) is 17.8. The van der Waals surface area contributed by atoms with E-state index < -0.39 is 0 Å². The maximum atomic E-state index is 13.9. The second-order valence-electron chi connectivity index (χ2n) is 17.5. The molecule has 0 saturated carbocycles. The average molecular weight is 915 g/mol. The molecule has 2 unspecified atom stereocenters. The number of rotatable bonds is 16. The molecule has 4 amide bonds. The lowest BCUT2D eigenvalue weighted by Gasteiger charge is -2.30. The van der Waals surface area contributed by atoms with Gasteiger partial charge in [0.1, 0.15) is 11.0 Å². The van der Waals surface area contributed by atoms with E-state index >= 15 is 0 Å². The number of carbonyl (C=O) groups excluding carboxylic acids is 4. The van der Waals surface area contributed by atoms with Crippen molar-refractivity contribution in [2.24, 2.45) is 11.8 Å². The average Bonchev–Trinajstić information content (AvgIpc) is 4.14. The number of hydrogen-bond donors (Lipinski definition) is 0. The molecule has 5 heterocycles. The van der Waals surface area contributed by atoms with Gasteiger partial charge in [-0.05, 0) is 95.1 Å². The minimum Gasteiger partial charge on any atom is -0.274 e. The Balaban J connectivity index is 0.939. The lowest BCUT2D eigenvalue weighted by molar-refractivity contribution is 0.0565. The van der Waals surface area contributed by atoms with Gasteiger partial charge in [0, 0.05) is 76.8 Å². The van der Waals surface area contributed by atoms with Crippen LogP contribution < -0.4 is 0 Å². The van der Waals surface area contributed by atoms with Gasteiger partial charge < -0.3 is 0 Å². The van der Waals surface area contributed by atoms with Crippen molar-refractivity contribution in [2.45, 2.75) is 79.1 Å². The van der Waals surface area contributed by atoms with Crippen molar-refractivity contribution in [1.82, 2.24) is 18.5 Å². The van der Waals surface area contributed by atoms with Crippen LogP contribution in [0.4, 0.5) is 0 Å². The molecule has 0 radical (unpaired) electrons. The number of thiophene rings is 2. The monoisotopic (exact) mass is 914 g/mol. The van der Waals surface area contributed by atoms with Gasteiger partial charge in [-0.15, -0.1) is 22.7 Å². The molecular formula is C54H50N4O4S3. The predicted octanol–water partition coefficient (Wildman–Crippen LogP) is 14.4. The Labute approximate surface area is 391 Å². The third-order valence-electron chi connectivity index (χ3n) is 13.6. The molecule has 65 heavy (non-hydrogen) atoms. The van der Waals surface area contributed by atoms with Crippen LogP contribution in [-0.4, -0.2) is 55.3 Å². The lowest BCUT2D eigenvalue weighted by Crippen LogP contribution is -2.43. The molecule has 2 aliphatic rings. The quantitative estimate of drug-likeness (QED) is 0.0895. The maximum Gasteiger partial charge on any atom is 0.261 e. The molecule has 0 bridgehead atoms. The van der Waals surface area contributed by atoms with Crippen LogP contribution in [0, 0.1) is 11.8 Å². The Morgan fingerprint density at radius 1 is 0.446 bits per heavy atom. The van der Waals surface area contributed by atoms with Gasteiger partial charge in [-0.2, -0.15) is 8.75 Å². The van der Waals surface area contributed by atoms with Gasteiger partial charge in [-0.1, -0.05) is 115 Å². The first-order valence-electron chi connectivity index (χ1n) is 23.0. The van der Waals surface area contributed by atoms with Crippen molar-refractivity contribution in [3.8, 4) is 41.8 Å². The van der Waals surface area contributed by atoms with Crippen molar-refractivity contribution in [3.05, 3.63) is 119 Å². The molecule has 5 aromatic carbocycles. The molecule has 8 nitrogen and oxygen atoms in total. The van der Waals surface area contributed by atoms with E-state index in [9.17, 15) is 19.2 Å². The Kier molecular flexibility index (Phi) is 11.8. The molecule has 2 aliphatic heterocycles. The van der Waals surface area contributed by atoms with Crippen molar-refractivity contribution in [2.75, 3.05) is 13.1 Å². The summed E-state index contributed by atoms with van der Waals surface area (Å²) in [6.45, 7) is 9.51. The van der Waals surface area contributed by atoms with Gasteiger partial charge in [-0.3, -0.25) is 29.0 Å². The van der Waals surface area contributed by atoms with Crippen LogP contribution in [0.1, 0.15) is 120 Å². The molecule has 10 rings (SSSR count). The summed E-state index contributed by atoms with van der Waals surface area (Å²) in [7, 11) is 0. The number of unbranched alkanes of at least 4 members (excludes halogenated alkanes) is 2. The van der Waals surface area contributed by atoms with Gasteiger partial charge in [0.2, 0.25) is 0 Å². The lowest BCUT2D eigenvalue weighted by atomic mass is 9.89. The van der Waals surface area contributed by atoms with Crippen LogP contribution in [0.25, 0.3) is 74.3 Å². The zero-order chi connectivity index (χ0) is 44.9. The number of nitrogens with zero attached hydrogens (tertiary/aromatic N) is 4. The van der Waals surface area contributed by atoms with Crippen molar-refractivity contribution in [1.29, 1.82) is 0 Å². The molecule has 0 N–H and O–H groups in total. The summed E-state index contributed by atoms with van der Waals surface area (Å²) in [6.07, 6.45) is 8.20. The summed E-state index contributed by atoms with van der Waals surface area (Å²) in [5.41, 5.74) is 7.95. The molecule has 2 atom stereocenters. The molecule has 0 fully saturated rings. The molecule has 3 aromatic heterocycles. The Hall–Kier alpha value is -5.88. The number of amides is 4. The van der Waals surface area contributed by atoms with E-state index in [0.717, 1.165) is 126 Å². The summed E-state index contributed by atoms with van der Waals surface area (Å²) in [4.78, 5) is 62.8. The fourth-order valence-electron chi connectivity index (χ4n) is 9.92. The van der Waals surface area contributed by atoms with Gasteiger partial charge >= 0.3 is 0 Å². The number of imide groups is 2. The van der Waals surface area contributed by atoms with Gasteiger partial charge in [0.05, 0.1) is 11.7 Å². The maximum absolute atomic E-state index is 13.9. The van der Waals surface area contributed by atoms with Crippen LogP contribution >= 0.6 is 34.4 Å². The molecule has 0 saturated heterocycles. The number of hydrogen-bond acceptors (Lipinski definition) is 9. The van der Waals surface area contributed by atoms with Gasteiger partial charge in [0.15, 0.2) is 0 Å². The summed E-state index contributed by atoms with van der Waals surface area (Å²) in [6, 6.07) is 32.2. The highest BCUT2D eigenvalue weighted by atomic mass is 32.1. The zero-order valence-electron chi connectivity index (χ0n) is 37.1. The highest BCUT2D eigenvalue weighted by Crippen LogP contribution is 2.46. The van der Waals surface area contributed by atoms with Crippen LogP contribution in [0.5, 0.6) is 0 Å². The van der Waals surface area contributed by atoms with Gasteiger partial charge in [0.25, 0.3) is 23.6 Å². The fraction of sp³-hybridized carbons (Fsp3) is 0.296. The van der Waals surface area contributed by atoms with Crippen LogP contribution in [0.2, 0.25) is 0 Å². The zero-order valence-corrected chi connectivity index (χ0v) is 39.6. The van der Waals surface area contributed by atoms with E-state index in [1.54, 1.807) is 22.7 Å². The topological polar surface area (TPSA) is 101 Å². The normalized spacial score (nSPS) is 14.7. The summed E-state index contributed by atoms with van der Waals surface area (Å²) in [5, 5.41) is 3.27. The third-order valence-corrected chi connectivity index (χ3v) is 16.5. The van der Waals surface area contributed by atoms with Crippen molar-refractivity contribution in [3.63, 3.8) is 0 Å². The van der Waals surface area contributed by atoms with Crippen molar-refractivity contribution >= 4 is 90.6 Å². The Bertz CT molecular complexity index is 2940. The molecule has 0 aliphatic carbocycles. The van der Waals surface area contributed by atoms with E-state index in [-0.39, 0.29) is 35.5 Å². The van der Waals surface area contributed by atoms with Crippen LogP contribution in [0.3, 0.4) is 0 Å². The summed E-state index contributed by atoms with van der Waals surface area (Å²) < 4.78 is 9.63. The molecule has 11 heteroatoms. The van der Waals surface area contributed by atoms with E-state index in [1.165, 1.54) is 21.5 Å². The fourth-order valence-corrected chi connectivity index (χ4v) is 12.6. The smallest absolute Gasteiger partial charge is 0.261 e. The van der Waals surface area contributed by atoms with E-state index in [1.807, 2.05) is 60.7 Å². The SMILES string of the molecule is CCCCC(CC)CN1C(=O)c2cccc3c(-c4ccc(-c5ccc(-c6ccc(-c7ccc8c9c(cccc79)C(=O)N(CC(CC)CCCC)C8=O)s6)c6nsnc56)s4)ccc(c23)C1=O. The highest BCUT2D eigenvalue weighted by Gasteiger charge is 2.36. The van der Waals surface area contributed by atoms with Crippen molar-refractivity contribution < 1.29 is 19.2 Å². The summed E-state index contributed by atoms with van der Waals surface area (Å²) in [5.74, 6) is -0.256. The van der Waals surface area contributed by atoms with E-state index in [4.69, 9.17) is 8.75 Å². The largest absolute Gasteiger partial charge is 0.274 e. The number of fused-ring (bicyclic) bond motifs is 1. The molecule has 8 aromatic rings. The number of aromatic nitrogens is 2. The Morgan fingerprint density at radius 2 is 0.800 bits per heavy atom. The minimum absolute atomic E-state index is 0.207. The van der Waals surface area contributed by atoms with Crippen LogP contribution in [-0.2, 0) is 0 Å². The molecule has 328 valence electrons. The summed E-state index contributed by atoms with van der Waals surface area (Å²) >= 11 is 4.51. The predicted molar refractivity (Wildman–Crippen MR) is 267 cm³/mol. The molecular weight excluding hydrogens is 865 g/mol. The van der Waals surface area contributed by atoms with Crippen LogP contribution in [0.15, 0.2) is 97.1 Å². The first kappa shape index (κ1) is 43.0. The first-order chi connectivity index (χ1) is 31.7. The second-order valence-corrected chi connectivity index (χ2v) is 20.2. The Morgan fingerprint density at radius 3 is 1.18 bits per heavy atom. The van der Waals surface area contributed by atoms with Gasteiger partial charge in [-0.25, -0.2) is 0 Å². The third kappa shape index (κ3) is 7.41. The minimum atomic E-state index is -0.207. The first-order valence-corrected chi connectivity index (χ1v) is 25.4. The number of benzene rings is 5. The standard InChI is InChI=1S/C54H50N4O4S3/c1-5-9-13-31(7-3)29-57-51(59)39-17-11-15-35-33(19-23-41(47(35)39)53(57)61)43-25-27-45(63-43)37-21-22-38(50-49(37)55-65-56-50)46-28-26-44(64-46)34-20-24-42-48-36(34)16-12-18-40(48)52(60)58(54(42)62)30-32(8-4)14-10-6-2/h11-12,15-28,31-32H,5-10,13-14,29-30H2,1-4H3. The number of carbonyl (C=O) groups is 4. The van der Waals surface area contributed by atoms with E-state index in [2.05, 4.69) is 64.1 Å². The molecule has 0 spiro atoms. The highest BCUT2D eigenvalue weighted by molar-refractivity contribution is 7.19.